The summed E-state index contributed by atoms with van der Waals surface area (Å²) >= 11 is 0. The van der Waals surface area contributed by atoms with Gasteiger partial charge in [-0.1, -0.05) is 93.9 Å². The number of carbonyl (C=O) groups is 2. The van der Waals surface area contributed by atoms with Crippen LogP contribution in [0.5, 0.6) is 0 Å². The maximum absolute atomic E-state index is 11.9. The first-order chi connectivity index (χ1) is 17.6. The predicted molar refractivity (Wildman–Crippen MR) is 150 cm³/mol. The van der Waals surface area contributed by atoms with Gasteiger partial charge in [-0.3, -0.25) is 9.59 Å². The highest BCUT2D eigenvalue weighted by molar-refractivity contribution is 5.70. The quantitative estimate of drug-likeness (QED) is 0.0879. The number of esters is 2. The van der Waals surface area contributed by atoms with Crippen LogP contribution in [0.4, 0.5) is 0 Å². The number of rotatable bonds is 23. The zero-order chi connectivity index (χ0) is 26.5. The lowest BCUT2D eigenvalue weighted by molar-refractivity contribution is -0.161. The maximum atomic E-state index is 11.9. The Labute approximate surface area is 220 Å². The van der Waals surface area contributed by atoms with Gasteiger partial charge < -0.3 is 14.6 Å². The molecule has 0 aliphatic rings. The molecule has 204 valence electrons. The lowest BCUT2D eigenvalue weighted by Gasteiger charge is -2.15. The SMILES string of the molecule is CC/C=C\C/C=C\C/C=C\C/C=C\C/C=C\CCCCCC(=O)OC(CO)COC(=O)CCCCC. The summed E-state index contributed by atoms with van der Waals surface area (Å²) in [5.41, 5.74) is 0. The molecule has 5 heteroatoms. The van der Waals surface area contributed by atoms with Gasteiger partial charge in [-0.15, -0.1) is 0 Å². The average molecular weight is 503 g/mol. The number of carbonyl (C=O) groups excluding carboxylic acids is 2. The number of unbranched alkanes of at least 4 members (excludes halogenated alkanes) is 5. The van der Waals surface area contributed by atoms with Gasteiger partial charge in [-0.05, 0) is 57.8 Å². The molecule has 0 amide bonds. The Morgan fingerprint density at radius 1 is 0.667 bits per heavy atom. The van der Waals surface area contributed by atoms with Crippen molar-refractivity contribution in [1.82, 2.24) is 0 Å². The standard InChI is InChI=1S/C31H50O5/c1-3-5-7-8-9-10-11-12-13-14-15-16-17-18-19-20-21-22-24-26-31(34)36-29(27-32)28-35-30(33)25-23-6-4-2/h5,7,9-10,12-13,15-16,18-19,29,32H,3-4,6,8,11,14,17,20-28H2,1-2H3/b7-5-,10-9-,13-12-,16-15-,19-18-. The third-order valence-corrected chi connectivity index (χ3v) is 5.33. The van der Waals surface area contributed by atoms with Gasteiger partial charge in [0.2, 0.25) is 0 Å². The van der Waals surface area contributed by atoms with Crippen LogP contribution >= 0.6 is 0 Å². The van der Waals surface area contributed by atoms with Crippen LogP contribution in [0.2, 0.25) is 0 Å². The van der Waals surface area contributed by atoms with Crippen LogP contribution < -0.4 is 0 Å². The van der Waals surface area contributed by atoms with Crippen LogP contribution in [0.25, 0.3) is 0 Å². The Morgan fingerprint density at radius 2 is 1.19 bits per heavy atom. The number of hydrogen-bond donors (Lipinski definition) is 1. The van der Waals surface area contributed by atoms with E-state index in [2.05, 4.69) is 74.6 Å². The van der Waals surface area contributed by atoms with Crippen LogP contribution in [0.15, 0.2) is 60.8 Å². The number of hydrogen-bond acceptors (Lipinski definition) is 5. The first-order valence-electron chi connectivity index (χ1n) is 13.8. The molecule has 0 aliphatic carbocycles. The Bertz CT molecular complexity index is 672. The molecule has 0 saturated heterocycles. The first-order valence-corrected chi connectivity index (χ1v) is 13.8. The van der Waals surface area contributed by atoms with E-state index in [0.29, 0.717) is 12.8 Å². The minimum atomic E-state index is -0.783. The van der Waals surface area contributed by atoms with E-state index in [0.717, 1.165) is 77.0 Å². The second-order valence-electron chi connectivity index (χ2n) is 8.74. The normalized spacial score (nSPS) is 13.1. The summed E-state index contributed by atoms with van der Waals surface area (Å²) in [5, 5.41) is 9.35. The van der Waals surface area contributed by atoms with Crippen molar-refractivity contribution < 1.29 is 24.2 Å². The molecule has 1 N–H and O–H groups in total. The van der Waals surface area contributed by atoms with Crippen molar-refractivity contribution in [3.8, 4) is 0 Å². The fourth-order valence-corrected chi connectivity index (χ4v) is 3.22. The van der Waals surface area contributed by atoms with Gasteiger partial charge in [0, 0.05) is 12.8 Å². The molecule has 0 rings (SSSR count). The molecule has 0 heterocycles. The minimum absolute atomic E-state index is 0.0860. The Morgan fingerprint density at radius 3 is 1.75 bits per heavy atom. The van der Waals surface area contributed by atoms with Crippen molar-refractivity contribution in [3.05, 3.63) is 60.8 Å². The van der Waals surface area contributed by atoms with Gasteiger partial charge in [0.05, 0.1) is 6.61 Å². The first kappa shape index (κ1) is 33.6. The van der Waals surface area contributed by atoms with E-state index in [9.17, 15) is 14.7 Å². The smallest absolute Gasteiger partial charge is 0.306 e. The average Bonchev–Trinajstić information content (AvgIpc) is 2.88. The fraction of sp³-hybridized carbons (Fsp3) is 0.613. The molecule has 1 atom stereocenters. The Kier molecular flexibility index (Phi) is 25.4. The van der Waals surface area contributed by atoms with E-state index in [1.807, 2.05) is 0 Å². The van der Waals surface area contributed by atoms with Crippen molar-refractivity contribution in [3.63, 3.8) is 0 Å². The lowest BCUT2D eigenvalue weighted by Crippen LogP contribution is -2.28. The molecule has 0 fully saturated rings. The molecule has 0 aromatic rings. The van der Waals surface area contributed by atoms with E-state index in [1.54, 1.807) is 0 Å². The molecule has 0 aromatic heterocycles. The summed E-state index contributed by atoms with van der Waals surface area (Å²) < 4.78 is 10.3. The fourth-order valence-electron chi connectivity index (χ4n) is 3.22. The van der Waals surface area contributed by atoms with Crippen molar-refractivity contribution in [2.24, 2.45) is 0 Å². The third-order valence-electron chi connectivity index (χ3n) is 5.33. The molecule has 0 aliphatic heterocycles. The molecule has 0 radical (unpaired) electrons. The van der Waals surface area contributed by atoms with E-state index in [4.69, 9.17) is 9.47 Å². The predicted octanol–water partition coefficient (Wildman–Crippen LogP) is 7.72. The van der Waals surface area contributed by atoms with E-state index < -0.39 is 6.10 Å². The third kappa shape index (κ3) is 24.7. The molecule has 1 unspecified atom stereocenters. The summed E-state index contributed by atoms with van der Waals surface area (Å²) in [6.07, 6.45) is 33.3. The highest BCUT2D eigenvalue weighted by atomic mass is 16.6. The molecule has 0 aromatic carbocycles. The summed E-state index contributed by atoms with van der Waals surface area (Å²) in [4.78, 5) is 23.6. The second-order valence-corrected chi connectivity index (χ2v) is 8.74. The molecule has 5 nitrogen and oxygen atoms in total. The van der Waals surface area contributed by atoms with Gasteiger partial charge in [0.15, 0.2) is 6.10 Å². The number of aliphatic hydroxyl groups excluding tert-OH is 1. The highest BCUT2D eigenvalue weighted by Gasteiger charge is 2.15. The monoisotopic (exact) mass is 502 g/mol. The van der Waals surface area contributed by atoms with E-state index in [-0.39, 0.29) is 25.2 Å². The largest absolute Gasteiger partial charge is 0.462 e. The van der Waals surface area contributed by atoms with Gasteiger partial charge in [0.1, 0.15) is 6.61 Å². The molecular weight excluding hydrogens is 452 g/mol. The summed E-state index contributed by atoms with van der Waals surface area (Å²) in [6, 6.07) is 0. The molecule has 0 saturated carbocycles. The van der Waals surface area contributed by atoms with E-state index in [1.165, 1.54) is 0 Å². The summed E-state index contributed by atoms with van der Waals surface area (Å²) in [6.45, 7) is 3.78. The van der Waals surface area contributed by atoms with Crippen LogP contribution in [-0.4, -0.2) is 36.4 Å². The van der Waals surface area contributed by atoms with Crippen molar-refractivity contribution >= 4 is 11.9 Å². The lowest BCUT2D eigenvalue weighted by atomic mass is 10.1. The van der Waals surface area contributed by atoms with Gasteiger partial charge in [0.25, 0.3) is 0 Å². The van der Waals surface area contributed by atoms with Gasteiger partial charge in [-0.25, -0.2) is 0 Å². The topological polar surface area (TPSA) is 72.8 Å². The van der Waals surface area contributed by atoms with Crippen LogP contribution in [0.3, 0.4) is 0 Å². The number of ether oxygens (including phenoxy) is 2. The van der Waals surface area contributed by atoms with Crippen molar-refractivity contribution in [2.75, 3.05) is 13.2 Å². The minimum Gasteiger partial charge on any atom is -0.462 e. The highest BCUT2D eigenvalue weighted by Crippen LogP contribution is 2.07. The van der Waals surface area contributed by atoms with Gasteiger partial charge >= 0.3 is 11.9 Å². The number of allylic oxidation sites excluding steroid dienone is 10. The zero-order valence-electron chi connectivity index (χ0n) is 22.7. The summed E-state index contributed by atoms with van der Waals surface area (Å²) in [7, 11) is 0. The molecule has 0 spiro atoms. The summed E-state index contributed by atoms with van der Waals surface area (Å²) in [5.74, 6) is -0.668. The van der Waals surface area contributed by atoms with Crippen LogP contribution in [0.1, 0.15) is 104 Å². The zero-order valence-corrected chi connectivity index (χ0v) is 22.7. The maximum Gasteiger partial charge on any atom is 0.306 e. The Balaban J connectivity index is 3.69. The molecule has 0 bridgehead atoms. The molecule has 36 heavy (non-hydrogen) atoms. The van der Waals surface area contributed by atoms with Crippen molar-refractivity contribution in [1.29, 1.82) is 0 Å². The number of aliphatic hydroxyl groups is 1. The van der Waals surface area contributed by atoms with Crippen molar-refractivity contribution in [2.45, 2.75) is 110 Å². The van der Waals surface area contributed by atoms with Gasteiger partial charge in [-0.2, -0.15) is 0 Å². The second kappa shape index (κ2) is 27.2. The van der Waals surface area contributed by atoms with E-state index >= 15 is 0 Å². The van der Waals surface area contributed by atoms with Crippen LogP contribution in [-0.2, 0) is 19.1 Å². The molecular formula is C31H50O5. The van der Waals surface area contributed by atoms with Crippen LogP contribution in [0, 0.1) is 0 Å². The Hall–Kier alpha value is -2.40.